The van der Waals surface area contributed by atoms with Crippen LogP contribution >= 0.6 is 11.3 Å². The van der Waals surface area contributed by atoms with Gasteiger partial charge in [0.05, 0.1) is 10.8 Å². The van der Waals surface area contributed by atoms with Gasteiger partial charge < -0.3 is 0 Å². The van der Waals surface area contributed by atoms with E-state index in [1.165, 1.54) is 4.31 Å². The number of sulfonamides is 1. The molecule has 4 nitrogen and oxygen atoms in total. The SMILES string of the molecule is CCCCS(=O)(=O)N(C)Cc1cnc(CC)s1. The third-order valence-corrected chi connectivity index (χ3v) is 5.52. The summed E-state index contributed by atoms with van der Waals surface area (Å²) >= 11 is 1.58. The van der Waals surface area contributed by atoms with Crippen molar-refractivity contribution in [1.29, 1.82) is 0 Å². The monoisotopic (exact) mass is 276 g/mol. The Morgan fingerprint density at radius 2 is 2.12 bits per heavy atom. The largest absolute Gasteiger partial charge is 0.249 e. The molecule has 0 aliphatic heterocycles. The number of aryl methyl sites for hydroxylation is 1. The first-order valence-electron chi connectivity index (χ1n) is 5.87. The van der Waals surface area contributed by atoms with Crippen molar-refractivity contribution in [2.24, 2.45) is 0 Å². The highest BCUT2D eigenvalue weighted by atomic mass is 32.2. The highest BCUT2D eigenvalue weighted by molar-refractivity contribution is 7.89. The summed E-state index contributed by atoms with van der Waals surface area (Å²) in [5, 5.41) is 1.05. The first-order chi connectivity index (χ1) is 7.99. The zero-order valence-electron chi connectivity index (χ0n) is 10.6. The van der Waals surface area contributed by atoms with Crippen LogP contribution in [0.1, 0.15) is 36.6 Å². The fourth-order valence-electron chi connectivity index (χ4n) is 1.38. The Bertz CT molecular complexity index is 440. The highest BCUT2D eigenvalue weighted by Gasteiger charge is 2.18. The molecule has 1 heterocycles. The zero-order chi connectivity index (χ0) is 12.9. The lowest BCUT2D eigenvalue weighted by atomic mass is 10.4. The average Bonchev–Trinajstić information content (AvgIpc) is 2.74. The smallest absolute Gasteiger partial charge is 0.214 e. The average molecular weight is 276 g/mol. The summed E-state index contributed by atoms with van der Waals surface area (Å²) in [6.07, 6.45) is 4.29. The Balaban J connectivity index is 2.61. The molecule has 0 saturated carbocycles. The van der Waals surface area contributed by atoms with Crippen molar-refractivity contribution in [2.45, 2.75) is 39.7 Å². The van der Waals surface area contributed by atoms with Gasteiger partial charge >= 0.3 is 0 Å². The molecule has 0 bridgehead atoms. The molecule has 0 atom stereocenters. The van der Waals surface area contributed by atoms with Crippen molar-refractivity contribution in [1.82, 2.24) is 9.29 Å². The predicted molar refractivity (Wildman–Crippen MR) is 71.7 cm³/mol. The molecule has 17 heavy (non-hydrogen) atoms. The van der Waals surface area contributed by atoms with E-state index >= 15 is 0 Å². The maximum absolute atomic E-state index is 11.9. The van der Waals surface area contributed by atoms with Crippen LogP contribution in [-0.4, -0.2) is 30.5 Å². The minimum Gasteiger partial charge on any atom is -0.249 e. The van der Waals surface area contributed by atoms with E-state index in [0.717, 1.165) is 29.1 Å². The number of nitrogens with zero attached hydrogens (tertiary/aromatic N) is 2. The predicted octanol–water partition coefficient (Wildman–Crippen LogP) is 2.27. The summed E-state index contributed by atoms with van der Waals surface area (Å²) in [4.78, 5) is 5.23. The molecule has 1 rings (SSSR count). The van der Waals surface area contributed by atoms with E-state index in [-0.39, 0.29) is 5.75 Å². The maximum atomic E-state index is 11.9. The van der Waals surface area contributed by atoms with Crippen LogP contribution in [0.2, 0.25) is 0 Å². The van der Waals surface area contributed by atoms with Crippen molar-refractivity contribution in [2.75, 3.05) is 12.8 Å². The fraction of sp³-hybridized carbons (Fsp3) is 0.727. The lowest BCUT2D eigenvalue weighted by molar-refractivity contribution is 0.467. The van der Waals surface area contributed by atoms with E-state index in [4.69, 9.17) is 0 Å². The molecular formula is C11H20N2O2S2. The number of aromatic nitrogens is 1. The summed E-state index contributed by atoms with van der Waals surface area (Å²) in [5.74, 6) is 0.236. The molecule has 0 amide bonds. The first kappa shape index (κ1) is 14.6. The van der Waals surface area contributed by atoms with Gasteiger partial charge in [0.15, 0.2) is 0 Å². The molecule has 0 aliphatic rings. The topological polar surface area (TPSA) is 50.3 Å². The molecule has 0 radical (unpaired) electrons. The molecule has 0 saturated heterocycles. The lowest BCUT2D eigenvalue weighted by Crippen LogP contribution is -2.28. The van der Waals surface area contributed by atoms with Gasteiger partial charge in [0.1, 0.15) is 0 Å². The molecular weight excluding hydrogens is 256 g/mol. The van der Waals surface area contributed by atoms with Gasteiger partial charge in [-0.05, 0) is 12.8 Å². The minimum atomic E-state index is -3.11. The zero-order valence-corrected chi connectivity index (χ0v) is 12.3. The quantitative estimate of drug-likeness (QED) is 0.767. The van der Waals surface area contributed by atoms with Gasteiger partial charge in [-0.3, -0.25) is 0 Å². The van der Waals surface area contributed by atoms with Gasteiger partial charge in [-0.15, -0.1) is 11.3 Å². The number of rotatable bonds is 7. The van der Waals surface area contributed by atoms with Gasteiger partial charge in [-0.2, -0.15) is 4.31 Å². The summed E-state index contributed by atoms with van der Waals surface area (Å²) in [6.45, 7) is 4.47. The molecule has 0 aliphatic carbocycles. The van der Waals surface area contributed by atoms with E-state index in [1.807, 2.05) is 13.8 Å². The van der Waals surface area contributed by atoms with Crippen LogP contribution in [0.3, 0.4) is 0 Å². The van der Waals surface area contributed by atoms with E-state index in [9.17, 15) is 8.42 Å². The summed E-state index contributed by atoms with van der Waals surface area (Å²) < 4.78 is 25.2. The van der Waals surface area contributed by atoms with Gasteiger partial charge in [-0.1, -0.05) is 20.3 Å². The number of unbranched alkanes of at least 4 members (excludes halogenated alkanes) is 1. The van der Waals surface area contributed by atoms with Crippen LogP contribution in [0.4, 0.5) is 0 Å². The van der Waals surface area contributed by atoms with E-state index in [2.05, 4.69) is 4.98 Å². The molecule has 0 N–H and O–H groups in total. The number of hydrogen-bond acceptors (Lipinski definition) is 4. The second-order valence-corrected chi connectivity index (χ2v) is 7.39. The third kappa shape index (κ3) is 4.37. The Hall–Kier alpha value is -0.460. The third-order valence-electron chi connectivity index (χ3n) is 2.51. The van der Waals surface area contributed by atoms with Gasteiger partial charge in [0, 0.05) is 24.7 Å². The van der Waals surface area contributed by atoms with Crippen LogP contribution in [0.5, 0.6) is 0 Å². The fourth-order valence-corrected chi connectivity index (χ4v) is 3.68. The van der Waals surface area contributed by atoms with E-state index in [0.29, 0.717) is 6.54 Å². The Labute approximate surface area is 108 Å². The molecule has 0 fully saturated rings. The maximum Gasteiger partial charge on any atom is 0.214 e. The van der Waals surface area contributed by atoms with Crippen LogP contribution < -0.4 is 0 Å². The summed E-state index contributed by atoms with van der Waals surface area (Å²) in [5.41, 5.74) is 0. The summed E-state index contributed by atoms with van der Waals surface area (Å²) in [7, 11) is -1.47. The summed E-state index contributed by atoms with van der Waals surface area (Å²) in [6, 6.07) is 0. The highest BCUT2D eigenvalue weighted by Crippen LogP contribution is 2.16. The Kier molecular flexibility index (Phi) is 5.55. The van der Waals surface area contributed by atoms with Gasteiger partial charge in [0.2, 0.25) is 10.0 Å². The molecule has 0 unspecified atom stereocenters. The number of hydrogen-bond donors (Lipinski definition) is 0. The Morgan fingerprint density at radius 1 is 1.41 bits per heavy atom. The standard InChI is InChI=1S/C11H20N2O2S2/c1-4-6-7-17(14,15)13(3)9-10-8-12-11(5-2)16-10/h8H,4-7,9H2,1-3H3. The molecule has 1 aromatic rings. The Morgan fingerprint density at radius 3 is 2.65 bits per heavy atom. The lowest BCUT2D eigenvalue weighted by Gasteiger charge is -2.15. The normalized spacial score (nSPS) is 12.2. The van der Waals surface area contributed by atoms with Crippen LogP contribution in [0, 0.1) is 0 Å². The van der Waals surface area contributed by atoms with Crippen molar-refractivity contribution in [3.63, 3.8) is 0 Å². The molecule has 0 spiro atoms. The number of thiazole rings is 1. The molecule has 0 aromatic carbocycles. The van der Waals surface area contributed by atoms with Crippen molar-refractivity contribution in [3.8, 4) is 0 Å². The molecule has 6 heteroatoms. The van der Waals surface area contributed by atoms with E-state index in [1.54, 1.807) is 24.6 Å². The van der Waals surface area contributed by atoms with Crippen molar-refractivity contribution < 1.29 is 8.42 Å². The minimum absolute atomic E-state index is 0.236. The van der Waals surface area contributed by atoms with Crippen molar-refractivity contribution >= 4 is 21.4 Å². The van der Waals surface area contributed by atoms with Gasteiger partial charge in [-0.25, -0.2) is 13.4 Å². The molecule has 98 valence electrons. The van der Waals surface area contributed by atoms with Crippen molar-refractivity contribution in [3.05, 3.63) is 16.1 Å². The van der Waals surface area contributed by atoms with Crippen LogP contribution in [0.15, 0.2) is 6.20 Å². The second kappa shape index (κ2) is 6.47. The van der Waals surface area contributed by atoms with E-state index < -0.39 is 10.0 Å². The van der Waals surface area contributed by atoms with Crippen LogP contribution in [-0.2, 0) is 23.0 Å². The first-order valence-corrected chi connectivity index (χ1v) is 8.29. The second-order valence-electron chi connectivity index (χ2n) is 4.00. The molecule has 1 aromatic heterocycles. The van der Waals surface area contributed by atoms with Gasteiger partial charge in [0.25, 0.3) is 0 Å². The van der Waals surface area contributed by atoms with Crippen LogP contribution in [0.25, 0.3) is 0 Å².